The van der Waals surface area contributed by atoms with E-state index in [1.165, 1.54) is 0 Å². The van der Waals surface area contributed by atoms with Gasteiger partial charge in [-0.15, -0.1) is 0 Å². The maximum absolute atomic E-state index is 5.78. The van der Waals surface area contributed by atoms with Gasteiger partial charge < -0.3 is 13.3 Å². The highest BCUT2D eigenvalue weighted by Gasteiger charge is 2.39. The van der Waals surface area contributed by atoms with Gasteiger partial charge in [0.05, 0.1) is 5.16 Å². The summed E-state index contributed by atoms with van der Waals surface area (Å²) in [5, 5.41) is 2.38. The van der Waals surface area contributed by atoms with Gasteiger partial charge in [0.25, 0.3) is 0 Å². The SMILES string of the molecule is CCO[Si](CCCCCN=C=S)(OCC)OCC. The first-order chi connectivity index (χ1) is 8.74. The van der Waals surface area contributed by atoms with Gasteiger partial charge in [-0.3, -0.25) is 0 Å². The third kappa shape index (κ3) is 8.08. The third-order valence-corrected chi connectivity index (χ3v) is 5.69. The van der Waals surface area contributed by atoms with Gasteiger partial charge in [-0.05, 0) is 45.8 Å². The van der Waals surface area contributed by atoms with Gasteiger partial charge in [-0.2, -0.15) is 0 Å². The molecule has 0 saturated carbocycles. The molecule has 0 aromatic heterocycles. The van der Waals surface area contributed by atoms with E-state index in [1.807, 2.05) is 20.8 Å². The topological polar surface area (TPSA) is 40.0 Å². The average molecular weight is 291 g/mol. The summed E-state index contributed by atoms with van der Waals surface area (Å²) in [7, 11) is -2.43. The summed E-state index contributed by atoms with van der Waals surface area (Å²) in [5.41, 5.74) is 0. The van der Waals surface area contributed by atoms with Gasteiger partial charge in [0.1, 0.15) is 0 Å². The van der Waals surface area contributed by atoms with Crippen molar-refractivity contribution in [1.82, 2.24) is 0 Å². The number of thiocarbonyl (C=S) groups is 1. The first-order valence-electron chi connectivity index (χ1n) is 6.70. The van der Waals surface area contributed by atoms with E-state index >= 15 is 0 Å². The number of hydrogen-bond acceptors (Lipinski definition) is 5. The zero-order valence-corrected chi connectivity index (χ0v) is 13.6. The molecule has 0 rings (SSSR count). The van der Waals surface area contributed by atoms with Crippen LogP contribution in [-0.2, 0) is 13.3 Å². The van der Waals surface area contributed by atoms with Crippen LogP contribution >= 0.6 is 12.2 Å². The van der Waals surface area contributed by atoms with Gasteiger partial charge in [0, 0.05) is 32.4 Å². The Labute approximate surface area is 117 Å². The smallest absolute Gasteiger partial charge is 0.374 e. The molecule has 0 unspecified atom stereocenters. The minimum Gasteiger partial charge on any atom is -0.374 e. The molecule has 0 aromatic carbocycles. The number of unbranched alkanes of at least 4 members (excludes halogenated alkanes) is 2. The molecule has 0 heterocycles. The second-order valence-corrected chi connectivity index (χ2v) is 6.68. The van der Waals surface area contributed by atoms with Crippen molar-refractivity contribution in [3.05, 3.63) is 0 Å². The number of nitrogens with zero attached hydrogens (tertiary/aromatic N) is 1. The largest absolute Gasteiger partial charge is 0.500 e. The van der Waals surface area contributed by atoms with Gasteiger partial charge >= 0.3 is 8.80 Å². The zero-order valence-electron chi connectivity index (χ0n) is 11.7. The second kappa shape index (κ2) is 12.0. The summed E-state index contributed by atoms with van der Waals surface area (Å²) in [5.74, 6) is 0. The van der Waals surface area contributed by atoms with Crippen LogP contribution in [-0.4, -0.2) is 40.3 Å². The van der Waals surface area contributed by atoms with Crippen LogP contribution in [0.25, 0.3) is 0 Å². The van der Waals surface area contributed by atoms with Gasteiger partial charge in [-0.25, -0.2) is 4.99 Å². The molecule has 0 fully saturated rings. The molecule has 0 spiro atoms. The van der Waals surface area contributed by atoms with Crippen LogP contribution in [0.2, 0.25) is 6.04 Å². The Morgan fingerprint density at radius 3 is 1.94 bits per heavy atom. The van der Waals surface area contributed by atoms with Crippen molar-refractivity contribution in [2.24, 2.45) is 4.99 Å². The molecular formula is C12H25NO3SSi. The van der Waals surface area contributed by atoms with Crippen molar-refractivity contribution in [1.29, 1.82) is 0 Å². The maximum Gasteiger partial charge on any atom is 0.500 e. The predicted octanol–water partition coefficient (Wildman–Crippen LogP) is 3.31. The van der Waals surface area contributed by atoms with Crippen LogP contribution in [0.15, 0.2) is 4.99 Å². The quantitative estimate of drug-likeness (QED) is 0.239. The number of hydrogen-bond donors (Lipinski definition) is 0. The summed E-state index contributed by atoms with van der Waals surface area (Å²) >= 11 is 4.52. The van der Waals surface area contributed by atoms with Crippen LogP contribution in [0.4, 0.5) is 0 Å². The Balaban J connectivity index is 4.08. The molecule has 18 heavy (non-hydrogen) atoms. The van der Waals surface area contributed by atoms with E-state index in [9.17, 15) is 0 Å². The van der Waals surface area contributed by atoms with E-state index in [2.05, 4.69) is 22.4 Å². The Kier molecular flexibility index (Phi) is 11.9. The Morgan fingerprint density at radius 2 is 1.50 bits per heavy atom. The lowest BCUT2D eigenvalue weighted by molar-refractivity contribution is 0.0706. The standard InChI is InChI=1S/C12H25NO3SSi/c1-4-14-18(15-5-2,16-6-3)11-9-7-8-10-13-12-17/h4-11H2,1-3H3. The van der Waals surface area contributed by atoms with E-state index in [0.717, 1.165) is 31.9 Å². The maximum atomic E-state index is 5.78. The lowest BCUT2D eigenvalue weighted by Gasteiger charge is -2.28. The average Bonchev–Trinajstić information content (AvgIpc) is 2.35. The third-order valence-electron chi connectivity index (χ3n) is 2.41. The highest BCUT2D eigenvalue weighted by atomic mass is 32.1. The molecule has 0 aromatic rings. The van der Waals surface area contributed by atoms with Crippen LogP contribution in [0.5, 0.6) is 0 Å². The molecule has 106 valence electrons. The molecule has 0 atom stereocenters. The number of rotatable bonds is 12. The molecule has 0 aliphatic heterocycles. The normalized spacial score (nSPS) is 11.3. The molecule has 4 nitrogen and oxygen atoms in total. The highest BCUT2D eigenvalue weighted by molar-refractivity contribution is 7.78. The first kappa shape index (κ1) is 17.9. The van der Waals surface area contributed by atoms with Crippen molar-refractivity contribution >= 4 is 26.2 Å². The van der Waals surface area contributed by atoms with Crippen LogP contribution in [0.1, 0.15) is 40.0 Å². The summed E-state index contributed by atoms with van der Waals surface area (Å²) in [6.07, 6.45) is 3.15. The molecule has 0 amide bonds. The molecule has 0 aliphatic rings. The fraction of sp³-hybridized carbons (Fsp3) is 0.917. The molecule has 0 aliphatic carbocycles. The Morgan fingerprint density at radius 1 is 0.944 bits per heavy atom. The summed E-state index contributed by atoms with van der Waals surface area (Å²) in [6, 6.07) is 0.879. The summed E-state index contributed by atoms with van der Waals surface area (Å²) in [4.78, 5) is 3.90. The van der Waals surface area contributed by atoms with Crippen molar-refractivity contribution < 1.29 is 13.3 Å². The van der Waals surface area contributed by atoms with E-state index in [1.54, 1.807) is 0 Å². The summed E-state index contributed by atoms with van der Waals surface area (Å²) in [6.45, 7) is 8.62. The van der Waals surface area contributed by atoms with Crippen molar-refractivity contribution in [3.8, 4) is 0 Å². The molecule has 0 bridgehead atoms. The van der Waals surface area contributed by atoms with Crippen LogP contribution in [0, 0.1) is 0 Å². The van der Waals surface area contributed by atoms with E-state index in [4.69, 9.17) is 13.3 Å². The first-order valence-corrected chi connectivity index (χ1v) is 9.04. The lowest BCUT2D eigenvalue weighted by Crippen LogP contribution is -2.45. The van der Waals surface area contributed by atoms with Crippen molar-refractivity contribution in [3.63, 3.8) is 0 Å². The van der Waals surface area contributed by atoms with E-state index < -0.39 is 8.80 Å². The fourth-order valence-corrected chi connectivity index (χ4v) is 4.53. The van der Waals surface area contributed by atoms with Gasteiger partial charge in [0.2, 0.25) is 0 Å². The van der Waals surface area contributed by atoms with Crippen LogP contribution < -0.4 is 0 Å². The second-order valence-electron chi connectivity index (χ2n) is 3.77. The van der Waals surface area contributed by atoms with Crippen molar-refractivity contribution in [2.75, 3.05) is 26.4 Å². The predicted molar refractivity (Wildman–Crippen MR) is 79.2 cm³/mol. The monoisotopic (exact) mass is 291 g/mol. The highest BCUT2D eigenvalue weighted by Crippen LogP contribution is 2.19. The Bertz CT molecular complexity index is 230. The molecular weight excluding hydrogens is 266 g/mol. The zero-order chi connectivity index (χ0) is 13.7. The van der Waals surface area contributed by atoms with Gasteiger partial charge in [0.15, 0.2) is 0 Å². The molecule has 0 saturated heterocycles. The van der Waals surface area contributed by atoms with E-state index in [-0.39, 0.29) is 0 Å². The van der Waals surface area contributed by atoms with E-state index in [0.29, 0.717) is 19.8 Å². The summed E-state index contributed by atoms with van der Waals surface area (Å²) < 4.78 is 17.3. The molecule has 6 heteroatoms. The van der Waals surface area contributed by atoms with Crippen molar-refractivity contribution in [2.45, 2.75) is 46.1 Å². The molecule has 0 radical (unpaired) electrons. The lowest BCUT2D eigenvalue weighted by atomic mass is 10.2. The van der Waals surface area contributed by atoms with Gasteiger partial charge in [-0.1, -0.05) is 6.42 Å². The number of aliphatic imine (C=N–C) groups is 1. The van der Waals surface area contributed by atoms with Crippen LogP contribution in [0.3, 0.4) is 0 Å². The number of isothiocyanates is 1. The fourth-order valence-electron chi connectivity index (χ4n) is 1.76. The Hall–Kier alpha value is -0.103. The minimum absolute atomic E-state index is 0.640. The minimum atomic E-state index is -2.43. The molecule has 0 N–H and O–H groups in total.